The number of aryl methyl sites for hydroxylation is 3. The molecular weight excluding hydrogens is 352 g/mol. The van der Waals surface area contributed by atoms with E-state index in [4.69, 9.17) is 4.98 Å². The lowest BCUT2D eigenvalue weighted by Gasteiger charge is -2.23. The highest BCUT2D eigenvalue weighted by Crippen LogP contribution is 2.24. The van der Waals surface area contributed by atoms with Crippen LogP contribution < -0.4 is 5.32 Å². The molecule has 3 aromatic rings. The van der Waals surface area contributed by atoms with E-state index in [2.05, 4.69) is 44.5 Å². The number of hydrogen-bond acceptors (Lipinski definition) is 8. The van der Waals surface area contributed by atoms with Crippen LogP contribution in [0, 0.1) is 20.8 Å². The van der Waals surface area contributed by atoms with Gasteiger partial charge in [0.05, 0.1) is 16.7 Å². The average molecular weight is 375 g/mol. The zero-order chi connectivity index (χ0) is 18.0. The number of anilines is 2. The maximum absolute atomic E-state index is 4.69. The van der Waals surface area contributed by atoms with Crippen LogP contribution in [0.3, 0.4) is 0 Å². The van der Waals surface area contributed by atoms with Gasteiger partial charge in [0.2, 0.25) is 0 Å². The molecule has 0 aromatic carbocycles. The van der Waals surface area contributed by atoms with Crippen molar-refractivity contribution in [3.05, 3.63) is 44.7 Å². The van der Waals surface area contributed by atoms with Crippen molar-refractivity contribution in [3.8, 4) is 0 Å². The van der Waals surface area contributed by atoms with Gasteiger partial charge < -0.3 is 5.32 Å². The van der Waals surface area contributed by atoms with E-state index in [0.717, 1.165) is 39.7 Å². The van der Waals surface area contributed by atoms with Gasteiger partial charge in [-0.05, 0) is 34.7 Å². The summed E-state index contributed by atoms with van der Waals surface area (Å²) in [4.78, 5) is 21.6. The van der Waals surface area contributed by atoms with Gasteiger partial charge in [0.1, 0.15) is 11.6 Å². The second-order valence-electron chi connectivity index (χ2n) is 6.10. The normalized spacial score (nSPS) is 12.6. The van der Waals surface area contributed by atoms with Crippen LogP contribution in [0.5, 0.6) is 0 Å². The second kappa shape index (κ2) is 7.55. The molecule has 3 aromatic heterocycles. The molecule has 0 bridgehead atoms. The quantitative estimate of drug-likeness (QED) is 0.696. The smallest absolute Gasteiger partial charge is 0.188 e. The predicted molar refractivity (Wildman–Crippen MR) is 104 cm³/mol. The fourth-order valence-corrected chi connectivity index (χ4v) is 3.71. The molecule has 1 N–H and O–H groups in total. The summed E-state index contributed by atoms with van der Waals surface area (Å²) in [5.74, 6) is 1.58. The molecule has 8 heteroatoms. The maximum atomic E-state index is 4.69. The Labute approximate surface area is 156 Å². The first-order chi connectivity index (χ1) is 11.9. The Kier molecular flexibility index (Phi) is 5.41. The fourth-order valence-electron chi connectivity index (χ4n) is 2.43. The molecule has 0 radical (unpaired) electrons. The first kappa shape index (κ1) is 17.9. The molecule has 1 atom stereocenters. The van der Waals surface area contributed by atoms with E-state index in [-0.39, 0.29) is 6.04 Å². The Balaban J connectivity index is 1.76. The Morgan fingerprint density at radius 1 is 1.20 bits per heavy atom. The maximum Gasteiger partial charge on any atom is 0.188 e. The van der Waals surface area contributed by atoms with Crippen LogP contribution in [0.4, 0.5) is 10.9 Å². The van der Waals surface area contributed by atoms with E-state index in [0.29, 0.717) is 0 Å². The molecule has 0 aliphatic rings. The number of nitrogens with one attached hydrogen (secondary N) is 1. The average Bonchev–Trinajstić information content (AvgIpc) is 3.14. The molecule has 0 amide bonds. The van der Waals surface area contributed by atoms with Crippen LogP contribution in [-0.2, 0) is 6.54 Å². The highest BCUT2D eigenvalue weighted by Gasteiger charge is 2.17. The molecule has 3 rings (SSSR count). The first-order valence-corrected chi connectivity index (χ1v) is 9.76. The number of nitrogens with zero attached hydrogens (tertiary/aromatic N) is 5. The minimum absolute atomic E-state index is 0.0838. The summed E-state index contributed by atoms with van der Waals surface area (Å²) < 4.78 is 0. The molecule has 0 saturated heterocycles. The van der Waals surface area contributed by atoms with Gasteiger partial charge in [-0.2, -0.15) is 0 Å². The fraction of sp³-hybridized carbons (Fsp3) is 0.412. The van der Waals surface area contributed by atoms with Gasteiger partial charge in [-0.1, -0.05) is 0 Å². The summed E-state index contributed by atoms with van der Waals surface area (Å²) >= 11 is 3.29. The predicted octanol–water partition coefficient (Wildman–Crippen LogP) is 4.25. The van der Waals surface area contributed by atoms with Crippen LogP contribution in [-0.4, -0.2) is 31.9 Å². The molecule has 6 nitrogen and oxygen atoms in total. The van der Waals surface area contributed by atoms with Crippen molar-refractivity contribution in [1.82, 2.24) is 24.8 Å². The Bertz CT molecular complexity index is 856. The van der Waals surface area contributed by atoms with Crippen molar-refractivity contribution in [2.75, 3.05) is 12.4 Å². The van der Waals surface area contributed by atoms with E-state index in [1.54, 1.807) is 22.7 Å². The number of rotatable bonds is 6. The lowest BCUT2D eigenvalue weighted by atomic mass is 10.2. The lowest BCUT2D eigenvalue weighted by molar-refractivity contribution is 0.241. The van der Waals surface area contributed by atoms with Gasteiger partial charge >= 0.3 is 0 Å². The molecule has 0 aliphatic carbocycles. The van der Waals surface area contributed by atoms with Crippen molar-refractivity contribution in [1.29, 1.82) is 0 Å². The van der Waals surface area contributed by atoms with Crippen molar-refractivity contribution in [2.24, 2.45) is 0 Å². The third kappa shape index (κ3) is 4.59. The van der Waals surface area contributed by atoms with Crippen molar-refractivity contribution >= 4 is 33.6 Å². The summed E-state index contributed by atoms with van der Waals surface area (Å²) in [6.45, 7) is 8.94. The molecule has 25 heavy (non-hydrogen) atoms. The molecule has 3 heterocycles. The summed E-state index contributed by atoms with van der Waals surface area (Å²) in [6, 6.07) is 2.02. The number of hydrogen-bond donors (Lipinski definition) is 1. The molecular formula is C17H22N6S2. The molecule has 0 spiro atoms. The van der Waals surface area contributed by atoms with Crippen LogP contribution in [0.1, 0.15) is 40.1 Å². The van der Waals surface area contributed by atoms with E-state index < -0.39 is 0 Å². The van der Waals surface area contributed by atoms with Crippen LogP contribution in [0.25, 0.3) is 0 Å². The molecule has 132 valence electrons. The van der Waals surface area contributed by atoms with E-state index >= 15 is 0 Å². The largest absolute Gasteiger partial charge is 0.316 e. The molecule has 0 aliphatic heterocycles. The highest BCUT2D eigenvalue weighted by atomic mass is 32.1. The van der Waals surface area contributed by atoms with E-state index in [1.165, 1.54) is 4.88 Å². The second-order valence-corrected chi connectivity index (χ2v) is 8.40. The SMILES string of the molecule is Cc1cc(Nc2ncc(C)s2)nc([C@@H](C)N(C)Cc2csc(C)n2)n1. The molecule has 0 saturated carbocycles. The first-order valence-electron chi connectivity index (χ1n) is 8.07. The monoisotopic (exact) mass is 374 g/mol. The number of thiazole rings is 2. The van der Waals surface area contributed by atoms with Gasteiger partial charge in [-0.3, -0.25) is 4.90 Å². The van der Waals surface area contributed by atoms with Gasteiger partial charge in [-0.15, -0.1) is 22.7 Å². The minimum atomic E-state index is 0.0838. The third-order valence-corrected chi connectivity index (χ3v) is 5.49. The van der Waals surface area contributed by atoms with Gasteiger partial charge in [-0.25, -0.2) is 19.9 Å². The van der Waals surface area contributed by atoms with Crippen molar-refractivity contribution in [2.45, 2.75) is 40.3 Å². The van der Waals surface area contributed by atoms with Crippen LogP contribution in [0.2, 0.25) is 0 Å². The topological polar surface area (TPSA) is 66.8 Å². The Morgan fingerprint density at radius 2 is 2.00 bits per heavy atom. The van der Waals surface area contributed by atoms with Gasteiger partial charge in [0.15, 0.2) is 5.13 Å². The summed E-state index contributed by atoms with van der Waals surface area (Å²) in [5.41, 5.74) is 2.02. The van der Waals surface area contributed by atoms with Gasteiger partial charge in [0, 0.05) is 34.8 Å². The highest BCUT2D eigenvalue weighted by molar-refractivity contribution is 7.15. The number of aromatic nitrogens is 4. The molecule has 0 fully saturated rings. The van der Waals surface area contributed by atoms with Crippen LogP contribution in [0.15, 0.2) is 17.6 Å². The Morgan fingerprint density at radius 3 is 2.64 bits per heavy atom. The van der Waals surface area contributed by atoms with Crippen molar-refractivity contribution < 1.29 is 0 Å². The Hall–Kier alpha value is -1.90. The summed E-state index contributed by atoms with van der Waals surface area (Å²) in [7, 11) is 2.07. The van der Waals surface area contributed by atoms with Crippen molar-refractivity contribution in [3.63, 3.8) is 0 Å². The minimum Gasteiger partial charge on any atom is -0.316 e. The van der Waals surface area contributed by atoms with Crippen LogP contribution >= 0.6 is 22.7 Å². The van der Waals surface area contributed by atoms with E-state index in [9.17, 15) is 0 Å². The lowest BCUT2D eigenvalue weighted by Crippen LogP contribution is -2.24. The van der Waals surface area contributed by atoms with E-state index in [1.807, 2.05) is 33.0 Å². The summed E-state index contributed by atoms with van der Waals surface area (Å²) in [6.07, 6.45) is 1.86. The van der Waals surface area contributed by atoms with Gasteiger partial charge in [0.25, 0.3) is 0 Å². The standard InChI is InChI=1S/C17H22N6S2/c1-10-6-15(22-17-18-7-11(2)25-17)21-16(19-10)12(3)23(5)8-14-9-24-13(4)20-14/h6-7,9,12H,8H2,1-5H3,(H,18,19,21,22)/t12-/m1/s1. The molecule has 0 unspecified atom stereocenters. The zero-order valence-corrected chi connectivity index (χ0v) is 16.7. The zero-order valence-electron chi connectivity index (χ0n) is 15.1. The third-order valence-electron chi connectivity index (χ3n) is 3.84. The summed E-state index contributed by atoms with van der Waals surface area (Å²) in [5, 5.41) is 7.32.